The van der Waals surface area contributed by atoms with Crippen molar-refractivity contribution in [1.29, 1.82) is 0 Å². The van der Waals surface area contributed by atoms with Gasteiger partial charge in [-0.05, 0) is 41.1 Å². The molecule has 21 heavy (non-hydrogen) atoms. The maximum absolute atomic E-state index is 12.6. The van der Waals surface area contributed by atoms with Gasteiger partial charge in [0.2, 0.25) is 11.5 Å². The maximum Gasteiger partial charge on any atom is 0.204 e. The third-order valence-corrected chi connectivity index (χ3v) is 4.88. The van der Waals surface area contributed by atoms with E-state index in [-0.39, 0.29) is 5.78 Å². The summed E-state index contributed by atoms with van der Waals surface area (Å²) in [6, 6.07) is 5.24. The molecular weight excluding hydrogens is 356 g/mol. The van der Waals surface area contributed by atoms with Crippen molar-refractivity contribution in [1.82, 2.24) is 0 Å². The van der Waals surface area contributed by atoms with Crippen molar-refractivity contribution >= 4 is 33.0 Å². The van der Waals surface area contributed by atoms with Crippen LogP contribution in [0.2, 0.25) is 0 Å². The topological polar surface area (TPSA) is 44.8 Å². The highest BCUT2D eigenvalue weighted by atomic mass is 79.9. The van der Waals surface area contributed by atoms with E-state index in [1.807, 2.05) is 13.0 Å². The molecule has 0 aliphatic rings. The highest BCUT2D eigenvalue weighted by Gasteiger charge is 2.20. The van der Waals surface area contributed by atoms with Gasteiger partial charge in [0.1, 0.15) is 0 Å². The highest BCUT2D eigenvalue weighted by Crippen LogP contribution is 2.39. The molecule has 112 valence electrons. The van der Waals surface area contributed by atoms with E-state index in [0.29, 0.717) is 27.7 Å². The molecule has 0 N–H and O–H groups in total. The molecule has 0 aliphatic heterocycles. The predicted molar refractivity (Wildman–Crippen MR) is 86.3 cm³/mol. The van der Waals surface area contributed by atoms with Crippen LogP contribution in [0, 0.1) is 6.92 Å². The Morgan fingerprint density at radius 3 is 2.00 bits per heavy atom. The second-order valence-corrected chi connectivity index (χ2v) is 6.39. The number of ketones is 1. The number of ether oxygens (including phenoxy) is 3. The second-order valence-electron chi connectivity index (χ2n) is 4.28. The summed E-state index contributed by atoms with van der Waals surface area (Å²) < 4.78 is 16.6. The zero-order valence-electron chi connectivity index (χ0n) is 12.2. The Kier molecular flexibility index (Phi) is 4.90. The number of carbonyl (C=O) groups is 1. The van der Waals surface area contributed by atoms with E-state index in [9.17, 15) is 4.79 Å². The van der Waals surface area contributed by atoms with Gasteiger partial charge in [0, 0.05) is 14.9 Å². The Labute approximate surface area is 135 Å². The van der Waals surface area contributed by atoms with Crippen LogP contribution >= 0.6 is 27.3 Å². The van der Waals surface area contributed by atoms with Gasteiger partial charge >= 0.3 is 0 Å². The van der Waals surface area contributed by atoms with Gasteiger partial charge < -0.3 is 14.2 Å². The summed E-state index contributed by atoms with van der Waals surface area (Å²) in [5, 5.41) is 0. The highest BCUT2D eigenvalue weighted by molar-refractivity contribution is 9.10. The van der Waals surface area contributed by atoms with Gasteiger partial charge in [-0.25, -0.2) is 0 Å². The summed E-state index contributed by atoms with van der Waals surface area (Å²) in [6.45, 7) is 1.96. The third-order valence-electron chi connectivity index (χ3n) is 2.94. The van der Waals surface area contributed by atoms with Gasteiger partial charge in [-0.15, -0.1) is 11.3 Å². The molecule has 1 heterocycles. The molecule has 0 aliphatic carbocycles. The minimum atomic E-state index is -0.0840. The zero-order chi connectivity index (χ0) is 15.6. The van der Waals surface area contributed by atoms with Crippen LogP contribution in [0.3, 0.4) is 0 Å². The fourth-order valence-corrected chi connectivity index (χ4v) is 3.76. The molecule has 0 radical (unpaired) electrons. The largest absolute Gasteiger partial charge is 0.493 e. The predicted octanol–water partition coefficient (Wildman–Crippen LogP) is 4.08. The summed E-state index contributed by atoms with van der Waals surface area (Å²) in [4.78, 5) is 14.4. The first-order chi connectivity index (χ1) is 10.0. The lowest BCUT2D eigenvalue weighted by Crippen LogP contribution is -2.03. The summed E-state index contributed by atoms with van der Waals surface area (Å²) >= 11 is 4.86. The molecule has 0 atom stereocenters. The molecule has 0 fully saturated rings. The zero-order valence-corrected chi connectivity index (χ0v) is 14.6. The quantitative estimate of drug-likeness (QED) is 0.743. The maximum atomic E-state index is 12.6. The summed E-state index contributed by atoms with van der Waals surface area (Å²) in [6.07, 6.45) is 0. The fourth-order valence-electron chi connectivity index (χ4n) is 1.98. The SMILES string of the molecule is COc1cc(C(=O)c2sc(C)cc2Br)cc(OC)c1OC. The number of hydrogen-bond donors (Lipinski definition) is 0. The summed E-state index contributed by atoms with van der Waals surface area (Å²) in [5.74, 6) is 1.31. The van der Waals surface area contributed by atoms with Gasteiger partial charge in [-0.1, -0.05) is 0 Å². The fraction of sp³-hybridized carbons (Fsp3) is 0.267. The molecule has 1 aromatic carbocycles. The molecule has 0 bridgehead atoms. The number of rotatable bonds is 5. The second kappa shape index (κ2) is 6.49. The van der Waals surface area contributed by atoms with E-state index in [4.69, 9.17) is 14.2 Å². The van der Waals surface area contributed by atoms with Crippen molar-refractivity contribution in [2.24, 2.45) is 0 Å². The number of aryl methyl sites for hydroxylation is 1. The average Bonchev–Trinajstić information content (AvgIpc) is 2.83. The Bertz CT molecular complexity index is 653. The number of benzene rings is 1. The summed E-state index contributed by atoms with van der Waals surface area (Å²) in [5.41, 5.74) is 0.493. The number of methoxy groups -OCH3 is 3. The lowest BCUT2D eigenvalue weighted by Gasteiger charge is -2.13. The first-order valence-corrected chi connectivity index (χ1v) is 7.73. The van der Waals surface area contributed by atoms with E-state index >= 15 is 0 Å². The van der Waals surface area contributed by atoms with Crippen LogP contribution in [0.15, 0.2) is 22.7 Å². The summed E-state index contributed by atoms with van der Waals surface area (Å²) in [7, 11) is 4.58. The Morgan fingerprint density at radius 1 is 1.05 bits per heavy atom. The standard InChI is InChI=1S/C15H15BrO4S/c1-8-5-10(16)15(21-8)13(17)9-6-11(18-2)14(20-4)12(7-9)19-3/h5-7H,1-4H3. The molecular formula is C15H15BrO4S. The minimum absolute atomic E-state index is 0.0840. The average molecular weight is 371 g/mol. The van der Waals surface area contributed by atoms with Crippen molar-refractivity contribution in [3.05, 3.63) is 38.0 Å². The van der Waals surface area contributed by atoms with Gasteiger partial charge in [0.15, 0.2) is 11.5 Å². The van der Waals surface area contributed by atoms with Crippen molar-refractivity contribution < 1.29 is 19.0 Å². The van der Waals surface area contributed by atoms with Gasteiger partial charge in [-0.3, -0.25) is 4.79 Å². The molecule has 1 aromatic heterocycles. The van der Waals surface area contributed by atoms with Crippen LogP contribution in [-0.2, 0) is 0 Å². The van der Waals surface area contributed by atoms with E-state index in [2.05, 4.69) is 15.9 Å². The lowest BCUT2D eigenvalue weighted by atomic mass is 10.1. The van der Waals surface area contributed by atoms with E-state index in [1.54, 1.807) is 12.1 Å². The molecule has 0 spiro atoms. The third kappa shape index (κ3) is 3.06. The van der Waals surface area contributed by atoms with Crippen LogP contribution in [0.1, 0.15) is 20.1 Å². The molecule has 0 saturated heterocycles. The Morgan fingerprint density at radius 2 is 1.62 bits per heavy atom. The van der Waals surface area contributed by atoms with E-state index in [1.165, 1.54) is 32.7 Å². The van der Waals surface area contributed by atoms with Crippen molar-refractivity contribution in [3.63, 3.8) is 0 Å². The van der Waals surface area contributed by atoms with Gasteiger partial charge in [0.05, 0.1) is 26.2 Å². The Hall–Kier alpha value is -1.53. The molecule has 2 rings (SSSR count). The number of hydrogen-bond acceptors (Lipinski definition) is 5. The lowest BCUT2D eigenvalue weighted by molar-refractivity contribution is 0.104. The number of carbonyl (C=O) groups excluding carboxylic acids is 1. The van der Waals surface area contributed by atoms with Gasteiger partial charge in [0.25, 0.3) is 0 Å². The molecule has 2 aromatic rings. The van der Waals surface area contributed by atoms with Gasteiger partial charge in [-0.2, -0.15) is 0 Å². The van der Waals surface area contributed by atoms with Crippen LogP contribution in [0.5, 0.6) is 17.2 Å². The van der Waals surface area contributed by atoms with Crippen molar-refractivity contribution in [2.75, 3.05) is 21.3 Å². The molecule has 0 amide bonds. The normalized spacial score (nSPS) is 10.3. The van der Waals surface area contributed by atoms with Crippen LogP contribution < -0.4 is 14.2 Å². The van der Waals surface area contributed by atoms with Crippen LogP contribution in [0.4, 0.5) is 0 Å². The minimum Gasteiger partial charge on any atom is -0.493 e. The van der Waals surface area contributed by atoms with Crippen LogP contribution in [0.25, 0.3) is 0 Å². The first kappa shape index (κ1) is 15.9. The van der Waals surface area contributed by atoms with Crippen molar-refractivity contribution in [2.45, 2.75) is 6.92 Å². The van der Waals surface area contributed by atoms with Crippen molar-refractivity contribution in [3.8, 4) is 17.2 Å². The van der Waals surface area contributed by atoms with Crippen LogP contribution in [-0.4, -0.2) is 27.1 Å². The van der Waals surface area contributed by atoms with E-state index in [0.717, 1.165) is 9.35 Å². The molecule has 0 saturated carbocycles. The van der Waals surface area contributed by atoms with E-state index < -0.39 is 0 Å². The molecule has 4 nitrogen and oxygen atoms in total. The molecule has 0 unspecified atom stereocenters. The smallest absolute Gasteiger partial charge is 0.204 e. The first-order valence-electron chi connectivity index (χ1n) is 6.12. The molecule has 6 heteroatoms. The Balaban J connectivity index is 2.53. The number of halogens is 1. The number of thiophene rings is 1. The monoisotopic (exact) mass is 370 g/mol.